The molecule has 9 rings (SSSR count). The van der Waals surface area contributed by atoms with Gasteiger partial charge in [0, 0.05) is 53.5 Å². The fourth-order valence-electron chi connectivity index (χ4n) is 9.35. The predicted molar refractivity (Wildman–Crippen MR) is 138 cm³/mol. The van der Waals surface area contributed by atoms with Gasteiger partial charge in [0.1, 0.15) is 17.5 Å². The van der Waals surface area contributed by atoms with Crippen LogP contribution in [0.15, 0.2) is 55.1 Å². The van der Waals surface area contributed by atoms with E-state index < -0.39 is 5.60 Å². The molecule has 4 bridgehead atoms. The maximum absolute atomic E-state index is 10.9. The molecule has 2 aromatic carbocycles. The zero-order valence-corrected chi connectivity index (χ0v) is 21.4. The van der Waals surface area contributed by atoms with Gasteiger partial charge in [-0.05, 0) is 81.6 Å². The molecular formula is C30H33N3O4. The molecule has 7 heteroatoms. The number of ether oxygens (including phenoxy) is 3. The summed E-state index contributed by atoms with van der Waals surface area (Å²) in [4.78, 5) is 6.73. The van der Waals surface area contributed by atoms with Crippen LogP contribution in [0.4, 0.5) is 0 Å². The molecule has 3 unspecified atom stereocenters. The molecule has 37 heavy (non-hydrogen) atoms. The number of hydrogen-bond donors (Lipinski definition) is 1. The molecule has 2 aliphatic heterocycles. The van der Waals surface area contributed by atoms with E-state index in [1.54, 1.807) is 12.5 Å². The number of rotatable bonds is 5. The summed E-state index contributed by atoms with van der Waals surface area (Å²) in [6.45, 7) is 1.63. The second-order valence-electron chi connectivity index (χ2n) is 11.9. The second kappa shape index (κ2) is 7.29. The van der Waals surface area contributed by atoms with E-state index in [0.29, 0.717) is 12.6 Å². The van der Waals surface area contributed by atoms with E-state index in [9.17, 15) is 5.11 Å². The largest absolute Gasteiger partial charge is 0.504 e. The van der Waals surface area contributed by atoms with Gasteiger partial charge in [-0.1, -0.05) is 6.07 Å². The Morgan fingerprint density at radius 1 is 1.14 bits per heavy atom. The standard InChI is InChI=1S/C30H33N3O4/c1-32-13-11-29-25-19-3-8-23(34)26(25)37-27(29)30(35-2)10-9-28(29,24(32)15-19)16-20(30)17-36-22-6-4-21(5-7-22)33-14-12-31-18-33/h3-8,12,14,18,20,24,27,34H,9-11,13,15-17H2,1-2H3/t20-,24-,27-,28?,29?,30?/m1/s1. The lowest BCUT2D eigenvalue weighted by Gasteiger charge is -2.73. The molecule has 3 aromatic rings. The van der Waals surface area contributed by atoms with Crippen molar-refractivity contribution in [2.24, 2.45) is 11.3 Å². The Labute approximate surface area is 217 Å². The van der Waals surface area contributed by atoms with Gasteiger partial charge in [-0.2, -0.15) is 0 Å². The third kappa shape index (κ3) is 2.52. The highest BCUT2D eigenvalue weighted by Crippen LogP contribution is 2.76. The zero-order chi connectivity index (χ0) is 25.0. The van der Waals surface area contributed by atoms with Gasteiger partial charge in [-0.15, -0.1) is 0 Å². The smallest absolute Gasteiger partial charge is 0.165 e. The van der Waals surface area contributed by atoms with Crippen LogP contribution in [0.1, 0.15) is 36.8 Å². The maximum atomic E-state index is 10.9. The van der Waals surface area contributed by atoms with Gasteiger partial charge in [-0.3, -0.25) is 0 Å². The number of aromatic hydroxyl groups is 1. The third-order valence-corrected chi connectivity index (χ3v) is 10.9. The number of piperidine rings is 1. The van der Waals surface area contributed by atoms with E-state index in [4.69, 9.17) is 14.2 Å². The van der Waals surface area contributed by atoms with Gasteiger partial charge in [-0.25, -0.2) is 4.98 Å². The summed E-state index contributed by atoms with van der Waals surface area (Å²) < 4.78 is 21.8. The molecule has 2 spiro atoms. The lowest BCUT2D eigenvalue weighted by Crippen LogP contribution is -2.81. The van der Waals surface area contributed by atoms with E-state index in [1.807, 2.05) is 36.1 Å². The van der Waals surface area contributed by atoms with Gasteiger partial charge in [0.25, 0.3) is 0 Å². The molecular weight excluding hydrogens is 466 g/mol. The monoisotopic (exact) mass is 499 g/mol. The van der Waals surface area contributed by atoms with Gasteiger partial charge in [0.2, 0.25) is 0 Å². The van der Waals surface area contributed by atoms with Gasteiger partial charge in [0.15, 0.2) is 11.5 Å². The molecule has 4 fully saturated rings. The number of imidazole rings is 1. The van der Waals surface area contributed by atoms with E-state index in [2.05, 4.69) is 35.1 Å². The van der Waals surface area contributed by atoms with Crippen molar-refractivity contribution in [3.8, 4) is 22.9 Å². The number of aromatic nitrogens is 2. The van der Waals surface area contributed by atoms with Gasteiger partial charge < -0.3 is 28.8 Å². The molecule has 192 valence electrons. The normalized spacial score (nSPS) is 36.8. The molecule has 0 amide bonds. The summed E-state index contributed by atoms with van der Waals surface area (Å²) in [5.74, 6) is 2.05. The van der Waals surface area contributed by atoms with Gasteiger partial charge >= 0.3 is 0 Å². The van der Waals surface area contributed by atoms with Crippen LogP contribution in [-0.2, 0) is 16.6 Å². The average Bonchev–Trinajstić information content (AvgIpc) is 3.59. The molecule has 1 saturated heterocycles. The van der Waals surface area contributed by atoms with Crippen molar-refractivity contribution in [1.82, 2.24) is 14.5 Å². The molecule has 0 radical (unpaired) electrons. The Balaban J connectivity index is 1.17. The Kier molecular flexibility index (Phi) is 4.34. The molecule has 6 atom stereocenters. The summed E-state index contributed by atoms with van der Waals surface area (Å²) in [7, 11) is 4.15. The number of phenolic OH excluding ortho intramolecular Hbond substituents is 1. The van der Waals surface area contributed by atoms with Crippen molar-refractivity contribution in [3.05, 3.63) is 66.2 Å². The van der Waals surface area contributed by atoms with E-state index in [-0.39, 0.29) is 28.6 Å². The minimum atomic E-state index is -0.445. The highest BCUT2D eigenvalue weighted by atomic mass is 16.6. The number of hydrogen-bond acceptors (Lipinski definition) is 6. The number of methoxy groups -OCH3 is 1. The summed E-state index contributed by atoms with van der Waals surface area (Å²) >= 11 is 0. The summed E-state index contributed by atoms with van der Waals surface area (Å²) in [5, 5.41) is 10.9. The summed E-state index contributed by atoms with van der Waals surface area (Å²) in [6.07, 6.45) is 10.6. The van der Waals surface area contributed by atoms with Crippen LogP contribution in [0.5, 0.6) is 17.2 Å². The van der Waals surface area contributed by atoms with Crippen molar-refractivity contribution in [3.63, 3.8) is 0 Å². The number of likely N-dealkylation sites (N-methyl/N-ethyl adjacent to an activating group) is 1. The van der Waals surface area contributed by atoms with Crippen molar-refractivity contribution in [1.29, 1.82) is 0 Å². The lowest BCUT2D eigenvalue weighted by molar-refractivity contribution is -0.278. The molecule has 1 aromatic heterocycles. The quantitative estimate of drug-likeness (QED) is 0.570. The summed E-state index contributed by atoms with van der Waals surface area (Å²) in [5.41, 5.74) is 3.24. The minimum Gasteiger partial charge on any atom is -0.504 e. The molecule has 6 aliphatic rings. The second-order valence-corrected chi connectivity index (χ2v) is 11.9. The van der Waals surface area contributed by atoms with E-state index in [0.717, 1.165) is 55.8 Å². The fourth-order valence-corrected chi connectivity index (χ4v) is 9.35. The molecule has 3 heterocycles. The van der Waals surface area contributed by atoms with Crippen LogP contribution >= 0.6 is 0 Å². The van der Waals surface area contributed by atoms with Crippen LogP contribution in [0, 0.1) is 11.3 Å². The van der Waals surface area contributed by atoms with Crippen LogP contribution in [0.2, 0.25) is 0 Å². The zero-order valence-electron chi connectivity index (χ0n) is 21.4. The van der Waals surface area contributed by atoms with Crippen molar-refractivity contribution in [2.75, 3.05) is 27.3 Å². The predicted octanol–water partition coefficient (Wildman–Crippen LogP) is 4.10. The number of phenols is 1. The van der Waals surface area contributed by atoms with Crippen molar-refractivity contribution >= 4 is 0 Å². The van der Waals surface area contributed by atoms with Crippen LogP contribution in [0.25, 0.3) is 5.69 Å². The van der Waals surface area contributed by atoms with Crippen LogP contribution < -0.4 is 9.47 Å². The van der Waals surface area contributed by atoms with Gasteiger partial charge in [0.05, 0.1) is 12.9 Å². The Morgan fingerprint density at radius 2 is 2.00 bits per heavy atom. The molecule has 7 nitrogen and oxygen atoms in total. The maximum Gasteiger partial charge on any atom is 0.165 e. The third-order valence-electron chi connectivity index (χ3n) is 10.9. The van der Waals surface area contributed by atoms with Crippen molar-refractivity contribution in [2.45, 2.75) is 55.3 Å². The topological polar surface area (TPSA) is 69.0 Å². The lowest BCUT2D eigenvalue weighted by atomic mass is 9.35. The van der Waals surface area contributed by atoms with E-state index >= 15 is 0 Å². The Morgan fingerprint density at radius 3 is 2.78 bits per heavy atom. The minimum absolute atomic E-state index is 0.0935. The first-order valence-electron chi connectivity index (χ1n) is 13.5. The van der Waals surface area contributed by atoms with Crippen molar-refractivity contribution < 1.29 is 19.3 Å². The number of fused-ring (bicyclic) bond motifs is 2. The van der Waals surface area contributed by atoms with Crippen LogP contribution in [0.3, 0.4) is 0 Å². The first-order valence-corrected chi connectivity index (χ1v) is 13.5. The number of benzene rings is 2. The number of likely N-dealkylation sites (tertiary alicyclic amines) is 1. The highest BCUT2D eigenvalue weighted by Gasteiger charge is 2.80. The Hall–Kier alpha value is -3.03. The summed E-state index contributed by atoms with van der Waals surface area (Å²) in [6, 6.07) is 12.6. The fraction of sp³-hybridized carbons (Fsp3) is 0.500. The molecule has 4 aliphatic carbocycles. The molecule has 1 N–H and O–H groups in total. The highest BCUT2D eigenvalue weighted by molar-refractivity contribution is 5.63. The SMILES string of the molecule is COC12CCC3(C[C@@H]1COc1ccc(-n4ccnc4)cc1)[C@H]1Cc4ccc(O)c5c4C3(CCN1C)[C@H]2O5. The number of nitrogens with zero attached hydrogens (tertiary/aromatic N) is 3. The first-order chi connectivity index (χ1) is 18.0. The molecule has 3 saturated carbocycles. The van der Waals surface area contributed by atoms with E-state index in [1.165, 1.54) is 11.1 Å². The first kappa shape index (κ1) is 22.0. The Bertz CT molecular complexity index is 1370. The average molecular weight is 500 g/mol. The van der Waals surface area contributed by atoms with Crippen LogP contribution in [-0.4, -0.2) is 64.6 Å².